The van der Waals surface area contributed by atoms with E-state index < -0.39 is 28.2 Å². The van der Waals surface area contributed by atoms with Crippen LogP contribution in [0.15, 0.2) is 42.6 Å². The van der Waals surface area contributed by atoms with Crippen molar-refractivity contribution >= 4 is 33.9 Å². The SMILES string of the molecule is CCOC(=O)c1cccc(Nc2ccnc3c(F)ccc(F)c23)c1[N+](=O)[O-]. The van der Waals surface area contributed by atoms with Crippen LogP contribution in [0.25, 0.3) is 10.9 Å². The van der Waals surface area contributed by atoms with E-state index in [0.717, 1.165) is 12.1 Å². The fourth-order valence-corrected chi connectivity index (χ4v) is 2.66. The van der Waals surface area contributed by atoms with Crippen molar-refractivity contribution in [2.75, 3.05) is 11.9 Å². The number of rotatable bonds is 5. The molecule has 2 aromatic carbocycles. The van der Waals surface area contributed by atoms with E-state index in [9.17, 15) is 23.7 Å². The molecule has 0 radical (unpaired) electrons. The molecule has 0 aliphatic heterocycles. The van der Waals surface area contributed by atoms with Gasteiger partial charge in [0.2, 0.25) is 0 Å². The number of nitro benzene ring substituents is 1. The van der Waals surface area contributed by atoms with Gasteiger partial charge in [-0.1, -0.05) is 6.07 Å². The third-order valence-corrected chi connectivity index (χ3v) is 3.78. The number of fused-ring (bicyclic) bond motifs is 1. The Morgan fingerprint density at radius 2 is 1.93 bits per heavy atom. The average molecular weight is 373 g/mol. The molecule has 0 fully saturated rings. The molecule has 7 nitrogen and oxygen atoms in total. The standard InChI is InChI=1S/C18H13F2N3O4/c1-2-27-18(24)10-4-3-5-14(17(10)23(25)26)22-13-8-9-21-16-12(20)7-6-11(19)15(13)16/h3-9H,2H2,1H3,(H,21,22). The number of carbonyl (C=O) groups excluding carboxylic acids is 1. The molecule has 0 spiro atoms. The molecule has 9 heteroatoms. The maximum Gasteiger partial charge on any atom is 0.345 e. The Labute approximate surface area is 151 Å². The fraction of sp³-hybridized carbons (Fsp3) is 0.111. The minimum absolute atomic E-state index is 0.0487. The number of anilines is 2. The Morgan fingerprint density at radius 1 is 1.19 bits per heavy atom. The lowest BCUT2D eigenvalue weighted by molar-refractivity contribution is -0.384. The predicted octanol–water partition coefficient (Wildman–Crippen LogP) is 4.34. The minimum Gasteiger partial charge on any atom is -0.462 e. The van der Waals surface area contributed by atoms with E-state index in [0.29, 0.717) is 0 Å². The maximum absolute atomic E-state index is 14.2. The van der Waals surface area contributed by atoms with Crippen LogP contribution in [0, 0.1) is 21.7 Å². The van der Waals surface area contributed by atoms with Gasteiger partial charge in [0.05, 0.1) is 22.6 Å². The van der Waals surface area contributed by atoms with Crippen LogP contribution in [0.1, 0.15) is 17.3 Å². The lowest BCUT2D eigenvalue weighted by Gasteiger charge is -2.12. The summed E-state index contributed by atoms with van der Waals surface area (Å²) >= 11 is 0. The minimum atomic E-state index is -0.857. The zero-order valence-corrected chi connectivity index (χ0v) is 14.0. The van der Waals surface area contributed by atoms with Crippen molar-refractivity contribution in [3.05, 3.63) is 69.9 Å². The number of nitrogens with one attached hydrogen (secondary N) is 1. The molecule has 0 atom stereocenters. The first-order valence-corrected chi connectivity index (χ1v) is 7.88. The van der Waals surface area contributed by atoms with Crippen LogP contribution in [0.3, 0.4) is 0 Å². The highest BCUT2D eigenvalue weighted by Gasteiger charge is 2.26. The topological polar surface area (TPSA) is 94.4 Å². The summed E-state index contributed by atoms with van der Waals surface area (Å²) in [4.78, 5) is 26.6. The molecule has 1 aromatic heterocycles. The number of esters is 1. The smallest absolute Gasteiger partial charge is 0.345 e. The lowest BCUT2D eigenvalue weighted by Crippen LogP contribution is -2.09. The highest BCUT2D eigenvalue weighted by molar-refractivity contribution is 5.99. The van der Waals surface area contributed by atoms with E-state index in [4.69, 9.17) is 4.74 Å². The number of benzene rings is 2. The highest BCUT2D eigenvalue weighted by atomic mass is 19.1. The molecule has 138 valence electrons. The largest absolute Gasteiger partial charge is 0.462 e. The fourth-order valence-electron chi connectivity index (χ4n) is 2.66. The summed E-state index contributed by atoms with van der Waals surface area (Å²) < 4.78 is 33.0. The van der Waals surface area contributed by atoms with Crippen LogP contribution in [-0.2, 0) is 4.74 Å². The van der Waals surface area contributed by atoms with Gasteiger partial charge in [-0.15, -0.1) is 0 Å². The number of ether oxygens (including phenoxy) is 1. The third-order valence-electron chi connectivity index (χ3n) is 3.78. The van der Waals surface area contributed by atoms with E-state index >= 15 is 0 Å². The maximum atomic E-state index is 14.2. The summed E-state index contributed by atoms with van der Waals surface area (Å²) in [5.74, 6) is -2.33. The van der Waals surface area contributed by atoms with Gasteiger partial charge in [0.15, 0.2) is 0 Å². The van der Waals surface area contributed by atoms with E-state index in [1.54, 1.807) is 6.92 Å². The van der Waals surface area contributed by atoms with Crippen LogP contribution in [0.5, 0.6) is 0 Å². The molecule has 3 rings (SSSR count). The second kappa shape index (κ2) is 7.32. The van der Waals surface area contributed by atoms with E-state index in [1.165, 1.54) is 30.5 Å². The van der Waals surface area contributed by atoms with Gasteiger partial charge in [-0.05, 0) is 37.3 Å². The molecule has 0 saturated carbocycles. The number of nitro groups is 1. The van der Waals surface area contributed by atoms with Gasteiger partial charge in [0, 0.05) is 6.20 Å². The Morgan fingerprint density at radius 3 is 2.63 bits per heavy atom. The van der Waals surface area contributed by atoms with Crippen LogP contribution in [0.2, 0.25) is 0 Å². The number of hydrogen-bond acceptors (Lipinski definition) is 6. The number of aromatic nitrogens is 1. The molecular weight excluding hydrogens is 360 g/mol. The number of para-hydroxylation sites is 1. The van der Waals surface area contributed by atoms with Crippen molar-refractivity contribution in [3.8, 4) is 0 Å². The molecular formula is C18H13F2N3O4. The molecule has 0 aliphatic rings. The van der Waals surface area contributed by atoms with Crippen molar-refractivity contribution in [1.29, 1.82) is 0 Å². The number of hydrogen-bond donors (Lipinski definition) is 1. The second-order valence-corrected chi connectivity index (χ2v) is 5.42. The monoisotopic (exact) mass is 373 g/mol. The molecule has 1 heterocycles. The van der Waals surface area contributed by atoms with Crippen LogP contribution >= 0.6 is 0 Å². The van der Waals surface area contributed by atoms with Gasteiger partial charge < -0.3 is 10.1 Å². The van der Waals surface area contributed by atoms with Crippen molar-refractivity contribution in [3.63, 3.8) is 0 Å². The van der Waals surface area contributed by atoms with Gasteiger partial charge in [0.1, 0.15) is 28.4 Å². The molecule has 3 aromatic rings. The van der Waals surface area contributed by atoms with Crippen LogP contribution in [-0.4, -0.2) is 22.5 Å². The van der Waals surface area contributed by atoms with Crippen molar-refractivity contribution in [1.82, 2.24) is 4.98 Å². The van der Waals surface area contributed by atoms with Crippen molar-refractivity contribution < 1.29 is 23.2 Å². The first kappa shape index (κ1) is 18.2. The zero-order chi connectivity index (χ0) is 19.6. The molecule has 27 heavy (non-hydrogen) atoms. The van der Waals surface area contributed by atoms with Gasteiger partial charge in [-0.2, -0.15) is 0 Å². The summed E-state index contributed by atoms with van der Waals surface area (Å²) in [6.07, 6.45) is 1.24. The normalized spacial score (nSPS) is 10.6. The van der Waals surface area contributed by atoms with E-state index in [2.05, 4.69) is 10.3 Å². The Kier molecular flexibility index (Phi) is 4.93. The van der Waals surface area contributed by atoms with Crippen molar-refractivity contribution in [2.24, 2.45) is 0 Å². The second-order valence-electron chi connectivity index (χ2n) is 5.42. The van der Waals surface area contributed by atoms with Crippen LogP contribution in [0.4, 0.5) is 25.8 Å². The lowest BCUT2D eigenvalue weighted by atomic mass is 10.1. The van der Waals surface area contributed by atoms with Gasteiger partial charge in [-0.25, -0.2) is 13.6 Å². The summed E-state index contributed by atoms with van der Waals surface area (Å²) in [5.41, 5.74) is -0.999. The number of pyridine rings is 1. The zero-order valence-electron chi connectivity index (χ0n) is 14.0. The molecule has 0 amide bonds. The van der Waals surface area contributed by atoms with Crippen LogP contribution < -0.4 is 5.32 Å². The average Bonchev–Trinajstić information content (AvgIpc) is 2.64. The highest BCUT2D eigenvalue weighted by Crippen LogP contribution is 2.35. The number of carbonyl (C=O) groups is 1. The Bertz CT molecular complexity index is 1060. The molecule has 0 bridgehead atoms. The summed E-state index contributed by atoms with van der Waals surface area (Å²) in [6.45, 7) is 1.62. The summed E-state index contributed by atoms with van der Waals surface area (Å²) in [7, 11) is 0. The molecule has 1 N–H and O–H groups in total. The number of nitrogens with zero attached hydrogens (tertiary/aromatic N) is 2. The first-order valence-electron chi connectivity index (χ1n) is 7.88. The van der Waals surface area contributed by atoms with Crippen molar-refractivity contribution in [2.45, 2.75) is 6.92 Å². The third kappa shape index (κ3) is 3.39. The Hall–Kier alpha value is -3.62. The van der Waals surface area contributed by atoms with Gasteiger partial charge in [-0.3, -0.25) is 15.1 Å². The van der Waals surface area contributed by atoms with E-state index in [-0.39, 0.29) is 34.4 Å². The number of halogens is 2. The van der Waals surface area contributed by atoms with Gasteiger partial charge in [0.25, 0.3) is 0 Å². The summed E-state index contributed by atoms with van der Waals surface area (Å²) in [6, 6.07) is 7.26. The van der Waals surface area contributed by atoms with Gasteiger partial charge >= 0.3 is 11.7 Å². The summed E-state index contributed by atoms with van der Waals surface area (Å²) in [5, 5.41) is 14.1. The molecule has 0 saturated heterocycles. The quantitative estimate of drug-likeness (QED) is 0.406. The van der Waals surface area contributed by atoms with E-state index in [1.807, 2.05) is 0 Å². The molecule has 0 unspecified atom stereocenters. The Balaban J connectivity index is 2.16. The first-order chi connectivity index (χ1) is 12.9. The molecule has 0 aliphatic carbocycles. The predicted molar refractivity (Wildman–Crippen MR) is 94.0 cm³/mol.